The summed E-state index contributed by atoms with van der Waals surface area (Å²) >= 11 is 1.18. The maximum atomic E-state index is 13.3. The van der Waals surface area contributed by atoms with E-state index in [1.807, 2.05) is 0 Å². The summed E-state index contributed by atoms with van der Waals surface area (Å²) in [6.07, 6.45) is -0.276. The smallest absolute Gasteiger partial charge is 0.179 e. The topological polar surface area (TPSA) is 30.0 Å². The third kappa shape index (κ3) is 2.39. The lowest BCUT2D eigenvalue weighted by atomic mass is 10.1. The summed E-state index contributed by atoms with van der Waals surface area (Å²) in [5.74, 6) is -1.70. The highest BCUT2D eigenvalue weighted by atomic mass is 32.1. The second-order valence-electron chi connectivity index (χ2n) is 3.57. The number of carbonyl (C=O) groups excluding carboxylic acids is 1. The van der Waals surface area contributed by atoms with Crippen molar-refractivity contribution in [1.82, 2.24) is 4.98 Å². The molecule has 88 valence electrons. The van der Waals surface area contributed by atoms with E-state index in [1.165, 1.54) is 17.4 Å². The van der Waals surface area contributed by atoms with Crippen molar-refractivity contribution in [3.8, 4) is 0 Å². The lowest BCUT2D eigenvalue weighted by molar-refractivity contribution is 0.0993. The summed E-state index contributed by atoms with van der Waals surface area (Å²) in [6.45, 7) is 1.70. The second-order valence-corrected chi connectivity index (χ2v) is 4.42. The molecule has 0 unspecified atom stereocenters. The second kappa shape index (κ2) is 4.71. The number of hydrogen-bond donors (Lipinski definition) is 0. The molecule has 2 rings (SSSR count). The van der Waals surface area contributed by atoms with Gasteiger partial charge < -0.3 is 0 Å². The molecule has 0 saturated carbocycles. The number of hydrogen-bond acceptors (Lipinski definition) is 3. The van der Waals surface area contributed by atoms with E-state index in [0.717, 1.165) is 12.1 Å². The standard InChI is InChI=1S/C12H9F2NOS/c1-7-12(17-6-15-7)11(16)5-8-9(13)3-2-4-10(8)14/h2-4,6H,5H2,1H3. The van der Waals surface area contributed by atoms with Crippen LogP contribution < -0.4 is 0 Å². The van der Waals surface area contributed by atoms with E-state index in [4.69, 9.17) is 0 Å². The van der Waals surface area contributed by atoms with Gasteiger partial charge in [0.1, 0.15) is 11.6 Å². The van der Waals surface area contributed by atoms with Gasteiger partial charge in [-0.1, -0.05) is 6.07 Å². The van der Waals surface area contributed by atoms with Crippen LogP contribution in [0.15, 0.2) is 23.7 Å². The maximum Gasteiger partial charge on any atom is 0.179 e. The minimum atomic E-state index is -0.694. The Bertz CT molecular complexity index is 545. The van der Waals surface area contributed by atoms with Gasteiger partial charge >= 0.3 is 0 Å². The van der Waals surface area contributed by atoms with Crippen molar-refractivity contribution in [1.29, 1.82) is 0 Å². The molecule has 0 saturated heterocycles. The molecule has 0 aliphatic heterocycles. The first-order chi connectivity index (χ1) is 8.09. The summed E-state index contributed by atoms with van der Waals surface area (Å²) < 4.78 is 26.7. The molecule has 1 aromatic carbocycles. The summed E-state index contributed by atoms with van der Waals surface area (Å²) in [5, 5.41) is 0. The van der Waals surface area contributed by atoms with Crippen LogP contribution in [0, 0.1) is 18.6 Å². The maximum absolute atomic E-state index is 13.3. The zero-order valence-corrected chi connectivity index (χ0v) is 9.85. The first-order valence-corrected chi connectivity index (χ1v) is 5.83. The molecule has 17 heavy (non-hydrogen) atoms. The number of thiazole rings is 1. The molecule has 0 spiro atoms. The van der Waals surface area contributed by atoms with E-state index in [1.54, 1.807) is 12.4 Å². The molecule has 2 aromatic rings. The van der Waals surface area contributed by atoms with Crippen molar-refractivity contribution in [3.63, 3.8) is 0 Å². The quantitative estimate of drug-likeness (QED) is 0.786. The highest BCUT2D eigenvalue weighted by molar-refractivity contribution is 7.11. The molecule has 0 fully saturated rings. The Labute approximate surface area is 101 Å². The highest BCUT2D eigenvalue weighted by Crippen LogP contribution is 2.18. The Morgan fingerprint density at radius 2 is 2.00 bits per heavy atom. The first-order valence-electron chi connectivity index (χ1n) is 4.95. The molecule has 1 aromatic heterocycles. The van der Waals surface area contributed by atoms with E-state index < -0.39 is 11.6 Å². The number of rotatable bonds is 3. The fraction of sp³-hybridized carbons (Fsp3) is 0.167. The van der Waals surface area contributed by atoms with Crippen LogP contribution in [0.5, 0.6) is 0 Å². The van der Waals surface area contributed by atoms with Crippen LogP contribution in [-0.4, -0.2) is 10.8 Å². The Morgan fingerprint density at radius 3 is 2.53 bits per heavy atom. The molecule has 0 radical (unpaired) electrons. The molecule has 0 aliphatic rings. The van der Waals surface area contributed by atoms with E-state index in [2.05, 4.69) is 4.98 Å². The van der Waals surface area contributed by atoms with Gasteiger partial charge in [0.15, 0.2) is 5.78 Å². The fourth-order valence-corrected chi connectivity index (χ4v) is 2.25. The Balaban J connectivity index is 2.28. The predicted octanol–water partition coefficient (Wildman–Crippen LogP) is 3.16. The zero-order chi connectivity index (χ0) is 12.4. The van der Waals surface area contributed by atoms with Crippen LogP contribution in [0.4, 0.5) is 8.78 Å². The molecular weight excluding hydrogens is 244 g/mol. The number of halogens is 2. The van der Waals surface area contributed by atoms with Gasteiger partial charge in [-0.15, -0.1) is 11.3 Å². The number of benzene rings is 1. The number of carbonyl (C=O) groups is 1. The first kappa shape index (κ1) is 11.9. The van der Waals surface area contributed by atoms with Gasteiger partial charge in [0.05, 0.1) is 16.1 Å². The molecule has 5 heteroatoms. The minimum Gasteiger partial charge on any atom is -0.293 e. The molecule has 0 aliphatic carbocycles. The van der Waals surface area contributed by atoms with Gasteiger partial charge in [0.2, 0.25) is 0 Å². The number of ketones is 1. The average molecular weight is 253 g/mol. The van der Waals surface area contributed by atoms with E-state index in [-0.39, 0.29) is 17.8 Å². The Morgan fingerprint density at radius 1 is 1.35 bits per heavy atom. The van der Waals surface area contributed by atoms with Crippen molar-refractivity contribution in [2.24, 2.45) is 0 Å². The van der Waals surface area contributed by atoms with Crippen LogP contribution in [0.3, 0.4) is 0 Å². The molecule has 1 heterocycles. The summed E-state index contributed by atoms with van der Waals surface area (Å²) in [5.41, 5.74) is 1.95. The lowest BCUT2D eigenvalue weighted by Crippen LogP contribution is -2.07. The van der Waals surface area contributed by atoms with Crippen LogP contribution >= 0.6 is 11.3 Å². The third-order valence-electron chi connectivity index (χ3n) is 2.40. The SMILES string of the molecule is Cc1ncsc1C(=O)Cc1c(F)cccc1F. The van der Waals surface area contributed by atoms with Crippen molar-refractivity contribution >= 4 is 17.1 Å². The normalized spacial score (nSPS) is 10.5. The van der Waals surface area contributed by atoms with Crippen molar-refractivity contribution in [3.05, 3.63) is 51.5 Å². The van der Waals surface area contributed by atoms with Gasteiger partial charge in [0, 0.05) is 12.0 Å². The summed E-state index contributed by atoms with van der Waals surface area (Å²) in [6, 6.07) is 3.56. The predicted molar refractivity (Wildman–Crippen MR) is 61.2 cm³/mol. The van der Waals surface area contributed by atoms with E-state index in [9.17, 15) is 13.6 Å². The Kier molecular flexibility index (Phi) is 3.28. The average Bonchev–Trinajstić information content (AvgIpc) is 2.70. The zero-order valence-electron chi connectivity index (χ0n) is 9.04. The van der Waals surface area contributed by atoms with Crippen molar-refractivity contribution in [2.75, 3.05) is 0 Å². The number of nitrogens with zero attached hydrogens (tertiary/aromatic N) is 1. The largest absolute Gasteiger partial charge is 0.293 e. The van der Waals surface area contributed by atoms with Crippen LogP contribution in [0.2, 0.25) is 0 Å². The minimum absolute atomic E-state index is 0.190. The summed E-state index contributed by atoms with van der Waals surface area (Å²) in [4.78, 5) is 16.2. The van der Waals surface area contributed by atoms with E-state index in [0.29, 0.717) is 10.6 Å². The van der Waals surface area contributed by atoms with Crippen LogP contribution in [0.1, 0.15) is 20.9 Å². The highest BCUT2D eigenvalue weighted by Gasteiger charge is 2.17. The number of aromatic nitrogens is 1. The van der Waals surface area contributed by atoms with Crippen LogP contribution in [-0.2, 0) is 6.42 Å². The third-order valence-corrected chi connectivity index (χ3v) is 3.37. The fourth-order valence-electron chi connectivity index (χ4n) is 1.51. The van der Waals surface area contributed by atoms with Gasteiger partial charge in [-0.2, -0.15) is 0 Å². The molecule has 0 N–H and O–H groups in total. The molecule has 0 atom stereocenters. The number of aryl methyl sites for hydroxylation is 1. The van der Waals surface area contributed by atoms with Crippen molar-refractivity contribution < 1.29 is 13.6 Å². The molecule has 2 nitrogen and oxygen atoms in total. The summed E-state index contributed by atoms with van der Waals surface area (Å²) in [7, 11) is 0. The Hall–Kier alpha value is -1.62. The van der Waals surface area contributed by atoms with Gasteiger partial charge in [-0.3, -0.25) is 4.79 Å². The number of Topliss-reactive ketones (excluding diaryl/α,β-unsaturated/α-hetero) is 1. The van der Waals surface area contributed by atoms with Gasteiger partial charge in [-0.25, -0.2) is 13.8 Å². The van der Waals surface area contributed by atoms with Gasteiger partial charge in [-0.05, 0) is 19.1 Å². The van der Waals surface area contributed by atoms with Gasteiger partial charge in [0.25, 0.3) is 0 Å². The lowest BCUT2D eigenvalue weighted by Gasteiger charge is -2.03. The molecule has 0 bridgehead atoms. The van der Waals surface area contributed by atoms with E-state index >= 15 is 0 Å². The molecular formula is C12H9F2NOS. The van der Waals surface area contributed by atoms with Crippen LogP contribution in [0.25, 0.3) is 0 Å². The molecule has 0 amide bonds. The monoisotopic (exact) mass is 253 g/mol. The van der Waals surface area contributed by atoms with Crippen molar-refractivity contribution in [2.45, 2.75) is 13.3 Å².